The molecule has 0 bridgehead atoms. The maximum absolute atomic E-state index is 6.12. The Balaban J connectivity index is 1.63. The van der Waals surface area contributed by atoms with Gasteiger partial charge >= 0.3 is 0 Å². The van der Waals surface area contributed by atoms with Crippen LogP contribution in [0.1, 0.15) is 17.2 Å². The van der Waals surface area contributed by atoms with E-state index in [2.05, 4.69) is 19.1 Å². The molecule has 1 atom stereocenters. The summed E-state index contributed by atoms with van der Waals surface area (Å²) in [4.78, 5) is 0. The van der Waals surface area contributed by atoms with Crippen LogP contribution in [-0.2, 0) is 0 Å². The molecule has 1 aliphatic heterocycles. The van der Waals surface area contributed by atoms with Crippen LogP contribution in [0, 0.1) is 6.92 Å². The molecule has 2 N–H and O–H groups in total. The van der Waals surface area contributed by atoms with Crippen molar-refractivity contribution < 1.29 is 14.2 Å². The number of rotatable bonds is 4. The summed E-state index contributed by atoms with van der Waals surface area (Å²) in [6, 6.07) is 13.5. The average Bonchev–Trinajstić information content (AvgIpc) is 2.93. The van der Waals surface area contributed by atoms with Gasteiger partial charge in [-0.15, -0.1) is 0 Å². The lowest BCUT2D eigenvalue weighted by Crippen LogP contribution is -2.18. The van der Waals surface area contributed by atoms with Gasteiger partial charge in [-0.2, -0.15) is 0 Å². The Kier molecular flexibility index (Phi) is 3.48. The predicted octanol–water partition coefficient (Wildman–Crippen LogP) is 2.80. The number of hydrogen-bond acceptors (Lipinski definition) is 4. The summed E-state index contributed by atoms with van der Waals surface area (Å²) < 4.78 is 16.3. The monoisotopic (exact) mass is 271 g/mol. The topological polar surface area (TPSA) is 53.7 Å². The molecular weight excluding hydrogens is 254 g/mol. The van der Waals surface area contributed by atoms with E-state index in [1.807, 2.05) is 30.3 Å². The largest absolute Gasteiger partial charge is 0.491 e. The first kappa shape index (κ1) is 12.8. The molecule has 1 aliphatic rings. The van der Waals surface area contributed by atoms with Gasteiger partial charge in [-0.1, -0.05) is 29.8 Å². The van der Waals surface area contributed by atoms with Gasteiger partial charge in [-0.3, -0.25) is 0 Å². The standard InChI is InChI=1S/C16H17NO3/c1-11-2-4-12(5-3-11)14(17)9-18-13-6-7-15-16(8-13)20-10-19-15/h2-8,14H,9-10,17H2,1H3. The van der Waals surface area contributed by atoms with E-state index < -0.39 is 0 Å². The Morgan fingerprint density at radius 3 is 2.65 bits per heavy atom. The highest BCUT2D eigenvalue weighted by Crippen LogP contribution is 2.35. The molecule has 0 spiro atoms. The zero-order valence-electron chi connectivity index (χ0n) is 11.3. The fourth-order valence-corrected chi connectivity index (χ4v) is 2.06. The quantitative estimate of drug-likeness (QED) is 0.929. The number of nitrogens with two attached hydrogens (primary N) is 1. The van der Waals surface area contributed by atoms with Crippen molar-refractivity contribution in [3.63, 3.8) is 0 Å². The van der Waals surface area contributed by atoms with Crippen molar-refractivity contribution >= 4 is 0 Å². The van der Waals surface area contributed by atoms with Crippen molar-refractivity contribution in [2.24, 2.45) is 5.73 Å². The third-order valence-corrected chi connectivity index (χ3v) is 3.28. The lowest BCUT2D eigenvalue weighted by Gasteiger charge is -2.14. The van der Waals surface area contributed by atoms with E-state index >= 15 is 0 Å². The second kappa shape index (κ2) is 5.43. The summed E-state index contributed by atoms with van der Waals surface area (Å²) in [5.41, 5.74) is 8.41. The summed E-state index contributed by atoms with van der Waals surface area (Å²) in [6.45, 7) is 2.74. The van der Waals surface area contributed by atoms with Crippen molar-refractivity contribution in [3.8, 4) is 17.2 Å². The molecule has 0 fully saturated rings. The van der Waals surface area contributed by atoms with Crippen LogP contribution in [0.15, 0.2) is 42.5 Å². The smallest absolute Gasteiger partial charge is 0.231 e. The SMILES string of the molecule is Cc1ccc(C(N)COc2ccc3c(c2)OCO3)cc1. The van der Waals surface area contributed by atoms with E-state index in [-0.39, 0.29) is 12.8 Å². The van der Waals surface area contributed by atoms with Crippen LogP contribution in [0.25, 0.3) is 0 Å². The summed E-state index contributed by atoms with van der Waals surface area (Å²) in [7, 11) is 0. The van der Waals surface area contributed by atoms with Crippen molar-refractivity contribution in [3.05, 3.63) is 53.6 Å². The molecule has 0 aliphatic carbocycles. The summed E-state index contributed by atoms with van der Waals surface area (Å²) in [5.74, 6) is 2.20. The number of aryl methyl sites for hydroxylation is 1. The highest BCUT2D eigenvalue weighted by molar-refractivity contribution is 5.46. The number of fused-ring (bicyclic) bond motifs is 1. The second-order valence-electron chi connectivity index (χ2n) is 4.84. The number of hydrogen-bond donors (Lipinski definition) is 1. The van der Waals surface area contributed by atoms with Gasteiger partial charge in [0.1, 0.15) is 12.4 Å². The minimum Gasteiger partial charge on any atom is -0.491 e. The summed E-state index contributed by atoms with van der Waals surface area (Å²) in [6.07, 6.45) is 0. The fourth-order valence-electron chi connectivity index (χ4n) is 2.06. The first-order chi connectivity index (χ1) is 9.72. The Bertz CT molecular complexity index is 595. The normalized spacial score (nSPS) is 14.1. The maximum Gasteiger partial charge on any atom is 0.231 e. The van der Waals surface area contributed by atoms with Crippen LogP contribution >= 0.6 is 0 Å². The number of ether oxygens (including phenoxy) is 3. The molecule has 4 heteroatoms. The predicted molar refractivity (Wildman–Crippen MR) is 76.2 cm³/mol. The zero-order chi connectivity index (χ0) is 13.9. The van der Waals surface area contributed by atoms with Crippen molar-refractivity contribution in [2.45, 2.75) is 13.0 Å². The molecule has 4 nitrogen and oxygen atoms in total. The van der Waals surface area contributed by atoms with Crippen molar-refractivity contribution in [1.82, 2.24) is 0 Å². The van der Waals surface area contributed by atoms with E-state index in [0.29, 0.717) is 12.4 Å². The minimum atomic E-state index is -0.152. The molecule has 20 heavy (non-hydrogen) atoms. The molecule has 1 unspecified atom stereocenters. The van der Waals surface area contributed by atoms with Crippen LogP contribution in [0.5, 0.6) is 17.2 Å². The summed E-state index contributed by atoms with van der Waals surface area (Å²) in [5, 5.41) is 0. The van der Waals surface area contributed by atoms with Gasteiger partial charge in [-0.05, 0) is 24.6 Å². The van der Waals surface area contributed by atoms with Crippen LogP contribution in [0.4, 0.5) is 0 Å². The lowest BCUT2D eigenvalue weighted by atomic mass is 10.1. The molecule has 0 saturated carbocycles. The molecule has 0 saturated heterocycles. The second-order valence-corrected chi connectivity index (χ2v) is 4.84. The molecular formula is C16H17NO3. The summed E-state index contributed by atoms with van der Waals surface area (Å²) >= 11 is 0. The van der Waals surface area contributed by atoms with E-state index in [1.54, 1.807) is 0 Å². The molecule has 0 amide bonds. The van der Waals surface area contributed by atoms with E-state index in [4.69, 9.17) is 19.9 Å². The molecule has 2 aromatic carbocycles. The molecule has 2 aromatic rings. The molecule has 104 valence electrons. The van der Waals surface area contributed by atoms with Crippen LogP contribution in [0.2, 0.25) is 0 Å². The maximum atomic E-state index is 6.12. The first-order valence-corrected chi connectivity index (χ1v) is 6.57. The van der Waals surface area contributed by atoms with Gasteiger partial charge < -0.3 is 19.9 Å². The van der Waals surface area contributed by atoms with Crippen LogP contribution < -0.4 is 19.9 Å². The van der Waals surface area contributed by atoms with Gasteiger partial charge in [0.05, 0.1) is 6.04 Å². The Morgan fingerprint density at radius 1 is 1.10 bits per heavy atom. The van der Waals surface area contributed by atoms with Gasteiger partial charge in [0.2, 0.25) is 6.79 Å². The minimum absolute atomic E-state index is 0.152. The van der Waals surface area contributed by atoms with Gasteiger partial charge in [0.15, 0.2) is 11.5 Å². The Labute approximate surface area is 118 Å². The fraction of sp³-hybridized carbons (Fsp3) is 0.250. The lowest BCUT2D eigenvalue weighted by molar-refractivity contribution is 0.173. The third kappa shape index (κ3) is 2.70. The van der Waals surface area contributed by atoms with Gasteiger partial charge in [0, 0.05) is 6.07 Å². The first-order valence-electron chi connectivity index (χ1n) is 6.57. The molecule has 3 rings (SSSR count). The third-order valence-electron chi connectivity index (χ3n) is 3.28. The van der Waals surface area contributed by atoms with Gasteiger partial charge in [-0.25, -0.2) is 0 Å². The van der Waals surface area contributed by atoms with Gasteiger partial charge in [0.25, 0.3) is 0 Å². The molecule has 0 aromatic heterocycles. The number of benzene rings is 2. The van der Waals surface area contributed by atoms with E-state index in [0.717, 1.165) is 17.1 Å². The van der Waals surface area contributed by atoms with Crippen LogP contribution in [0.3, 0.4) is 0 Å². The van der Waals surface area contributed by atoms with E-state index in [1.165, 1.54) is 5.56 Å². The highest BCUT2D eigenvalue weighted by Gasteiger charge is 2.14. The highest BCUT2D eigenvalue weighted by atomic mass is 16.7. The van der Waals surface area contributed by atoms with E-state index in [9.17, 15) is 0 Å². The molecule has 0 radical (unpaired) electrons. The molecule has 1 heterocycles. The van der Waals surface area contributed by atoms with Crippen molar-refractivity contribution in [2.75, 3.05) is 13.4 Å². The van der Waals surface area contributed by atoms with Crippen LogP contribution in [-0.4, -0.2) is 13.4 Å². The zero-order valence-corrected chi connectivity index (χ0v) is 11.3. The Morgan fingerprint density at radius 2 is 1.85 bits per heavy atom. The van der Waals surface area contributed by atoms with Crippen molar-refractivity contribution in [1.29, 1.82) is 0 Å². The average molecular weight is 271 g/mol. The Hall–Kier alpha value is -2.20.